The number of benzene rings is 5. The third kappa shape index (κ3) is 3.79. The maximum atomic E-state index is 6.95. The fourth-order valence-corrected chi connectivity index (χ4v) is 10.4. The van der Waals surface area contributed by atoms with Crippen LogP contribution in [0.4, 0.5) is 0 Å². The first-order chi connectivity index (χ1) is 20.1. The van der Waals surface area contributed by atoms with Gasteiger partial charge in [0.25, 0.3) is 0 Å². The SMILES string of the molecule is Cc1cncc(-c2ccc3c4c2Oc2ccc(-c5ccccc5)cc2P4(=S)c2cc(-c4ccccc4)ccc2O3)c1. The van der Waals surface area contributed by atoms with Crippen LogP contribution in [0.3, 0.4) is 0 Å². The maximum absolute atomic E-state index is 6.95. The highest BCUT2D eigenvalue weighted by Gasteiger charge is 2.44. The molecule has 3 heterocycles. The van der Waals surface area contributed by atoms with Gasteiger partial charge in [-0.3, -0.25) is 4.98 Å². The van der Waals surface area contributed by atoms with Crippen molar-refractivity contribution in [1.82, 2.24) is 4.98 Å². The second kappa shape index (κ2) is 9.27. The minimum atomic E-state index is -2.61. The third-order valence-electron chi connectivity index (χ3n) is 7.84. The van der Waals surface area contributed by atoms with E-state index >= 15 is 0 Å². The van der Waals surface area contributed by atoms with Gasteiger partial charge < -0.3 is 9.47 Å². The average Bonchev–Trinajstić information content (AvgIpc) is 3.02. The van der Waals surface area contributed by atoms with Gasteiger partial charge in [-0.2, -0.15) is 0 Å². The number of aryl methyl sites for hydroxylation is 1. The van der Waals surface area contributed by atoms with Crippen LogP contribution in [0, 0.1) is 6.92 Å². The molecule has 6 aromatic rings. The molecule has 0 aliphatic carbocycles. The van der Waals surface area contributed by atoms with E-state index in [2.05, 4.69) is 109 Å². The molecule has 0 radical (unpaired) electrons. The summed E-state index contributed by atoms with van der Waals surface area (Å²) in [6.45, 7) is 2.05. The lowest BCUT2D eigenvalue weighted by atomic mass is 10.0. The van der Waals surface area contributed by atoms with Gasteiger partial charge in [-0.15, -0.1) is 0 Å². The number of pyridine rings is 1. The molecule has 196 valence electrons. The van der Waals surface area contributed by atoms with Crippen molar-refractivity contribution in [3.63, 3.8) is 0 Å². The maximum Gasteiger partial charge on any atom is 0.148 e. The molecule has 1 atom stereocenters. The molecule has 0 saturated heterocycles. The lowest BCUT2D eigenvalue weighted by Crippen LogP contribution is -2.35. The van der Waals surface area contributed by atoms with Crippen LogP contribution in [0.1, 0.15) is 5.56 Å². The van der Waals surface area contributed by atoms with Gasteiger partial charge in [0.05, 0.1) is 11.3 Å². The number of nitrogens with zero attached hydrogens (tertiary/aromatic N) is 1. The lowest BCUT2D eigenvalue weighted by Gasteiger charge is -2.38. The van der Waals surface area contributed by atoms with E-state index in [1.165, 1.54) is 0 Å². The van der Waals surface area contributed by atoms with E-state index in [9.17, 15) is 0 Å². The first-order valence-electron chi connectivity index (χ1n) is 13.5. The summed E-state index contributed by atoms with van der Waals surface area (Å²) >= 11 is 6.95. The van der Waals surface area contributed by atoms with E-state index in [0.717, 1.165) is 77.9 Å². The van der Waals surface area contributed by atoms with E-state index in [-0.39, 0.29) is 0 Å². The number of aromatic nitrogens is 1. The van der Waals surface area contributed by atoms with Gasteiger partial charge >= 0.3 is 0 Å². The average molecular weight is 566 g/mol. The predicted octanol–water partition coefficient (Wildman–Crippen LogP) is 8.36. The van der Waals surface area contributed by atoms with Gasteiger partial charge in [-0.1, -0.05) is 84.6 Å². The van der Waals surface area contributed by atoms with Gasteiger partial charge in [-0.05, 0) is 77.2 Å². The molecule has 0 fully saturated rings. The smallest absolute Gasteiger partial charge is 0.148 e. The first kappa shape index (κ1) is 24.3. The Bertz CT molecular complexity index is 1980. The second-order valence-corrected chi connectivity index (χ2v) is 14.7. The van der Waals surface area contributed by atoms with Gasteiger partial charge in [-0.25, -0.2) is 0 Å². The minimum absolute atomic E-state index is 0.767. The van der Waals surface area contributed by atoms with E-state index in [4.69, 9.17) is 21.3 Å². The minimum Gasteiger partial charge on any atom is -0.456 e. The first-order valence-corrected chi connectivity index (χ1v) is 16.4. The van der Waals surface area contributed by atoms with Crippen LogP contribution in [0.25, 0.3) is 33.4 Å². The van der Waals surface area contributed by atoms with E-state index < -0.39 is 6.04 Å². The largest absolute Gasteiger partial charge is 0.456 e. The van der Waals surface area contributed by atoms with Crippen molar-refractivity contribution >= 4 is 33.8 Å². The highest BCUT2D eigenvalue weighted by molar-refractivity contribution is 8.26. The molecule has 2 aliphatic rings. The van der Waals surface area contributed by atoms with Crippen molar-refractivity contribution in [1.29, 1.82) is 0 Å². The van der Waals surface area contributed by atoms with Gasteiger partial charge in [0.15, 0.2) is 0 Å². The second-order valence-electron chi connectivity index (χ2n) is 10.5. The van der Waals surface area contributed by atoms with Crippen molar-refractivity contribution in [3.8, 4) is 56.4 Å². The van der Waals surface area contributed by atoms with Crippen LogP contribution < -0.4 is 25.4 Å². The Balaban J connectivity index is 1.43. The van der Waals surface area contributed by atoms with Crippen molar-refractivity contribution < 1.29 is 9.47 Å². The third-order valence-corrected chi connectivity index (χ3v) is 12.7. The van der Waals surface area contributed by atoms with Gasteiger partial charge in [0, 0.05) is 34.1 Å². The fourth-order valence-electron chi connectivity index (χ4n) is 5.89. The van der Waals surface area contributed by atoms with Crippen LogP contribution in [-0.2, 0) is 11.8 Å². The Kier molecular flexibility index (Phi) is 5.50. The number of hydrogen-bond acceptors (Lipinski definition) is 4. The lowest BCUT2D eigenvalue weighted by molar-refractivity contribution is 0.467. The Hall–Kier alpha value is -4.50. The number of ether oxygens (including phenoxy) is 2. The summed E-state index contributed by atoms with van der Waals surface area (Å²) in [5, 5.41) is 3.08. The summed E-state index contributed by atoms with van der Waals surface area (Å²) in [7, 11) is 0. The number of hydrogen-bond donors (Lipinski definition) is 0. The fraction of sp³-hybridized carbons (Fsp3) is 0.0278. The number of fused-ring (bicyclic) bond motifs is 4. The molecule has 3 nitrogen and oxygen atoms in total. The molecule has 2 aliphatic heterocycles. The molecular formula is C36H24NO2PS. The van der Waals surface area contributed by atoms with E-state index in [1.807, 2.05) is 30.6 Å². The summed E-state index contributed by atoms with van der Waals surface area (Å²) in [5.74, 6) is 3.16. The summed E-state index contributed by atoms with van der Waals surface area (Å²) in [4.78, 5) is 4.47. The molecule has 41 heavy (non-hydrogen) atoms. The van der Waals surface area contributed by atoms with E-state index in [1.54, 1.807) is 0 Å². The predicted molar refractivity (Wildman–Crippen MR) is 172 cm³/mol. The number of rotatable bonds is 3. The Morgan fingerprint density at radius 3 is 1.76 bits per heavy atom. The summed E-state index contributed by atoms with van der Waals surface area (Å²) in [5.41, 5.74) is 7.59. The summed E-state index contributed by atoms with van der Waals surface area (Å²) in [6.07, 6.45) is 3.75. The molecule has 8 rings (SSSR count). The highest BCUT2D eigenvalue weighted by Crippen LogP contribution is 2.60. The zero-order valence-electron chi connectivity index (χ0n) is 22.2. The summed E-state index contributed by atoms with van der Waals surface area (Å²) < 4.78 is 13.4. The van der Waals surface area contributed by atoms with Crippen molar-refractivity contribution in [2.75, 3.05) is 0 Å². The molecule has 0 amide bonds. The molecule has 5 heteroatoms. The zero-order chi connectivity index (χ0) is 27.6. The van der Waals surface area contributed by atoms with Crippen molar-refractivity contribution in [2.45, 2.75) is 6.92 Å². The molecule has 0 bridgehead atoms. The molecule has 0 spiro atoms. The normalized spacial score (nSPS) is 16.0. The summed E-state index contributed by atoms with van der Waals surface area (Å²) in [6, 6.07) is 37.4. The highest BCUT2D eigenvalue weighted by atomic mass is 32.4. The Labute approximate surface area is 244 Å². The van der Waals surface area contributed by atoms with Crippen LogP contribution >= 0.6 is 6.04 Å². The van der Waals surface area contributed by atoms with Crippen molar-refractivity contribution in [3.05, 3.63) is 133 Å². The molecule has 0 N–H and O–H groups in total. The molecule has 5 aromatic carbocycles. The van der Waals surface area contributed by atoms with Crippen LogP contribution in [0.15, 0.2) is 128 Å². The Morgan fingerprint density at radius 1 is 0.561 bits per heavy atom. The molecular weight excluding hydrogens is 541 g/mol. The standard InChI is InChI=1S/C36H24NO2PS/c1-23-18-28(22-37-21-23)29-14-17-32-36-35(29)39-31-16-13-27(25-10-6-3-7-11-25)20-34(31)40(36,41)33-19-26(12-15-30(33)38-32)24-8-4-2-5-9-24/h2-22H,1H3. The van der Waals surface area contributed by atoms with E-state index in [0.29, 0.717) is 0 Å². The van der Waals surface area contributed by atoms with Gasteiger partial charge in [0.1, 0.15) is 23.0 Å². The van der Waals surface area contributed by atoms with Crippen molar-refractivity contribution in [2.24, 2.45) is 0 Å². The van der Waals surface area contributed by atoms with Crippen LogP contribution in [-0.4, -0.2) is 4.98 Å². The molecule has 0 saturated carbocycles. The van der Waals surface area contributed by atoms with Gasteiger partial charge in [0.2, 0.25) is 0 Å². The monoisotopic (exact) mass is 565 g/mol. The van der Waals surface area contributed by atoms with Crippen LogP contribution in [0.5, 0.6) is 23.0 Å². The molecule has 1 aromatic heterocycles. The van der Waals surface area contributed by atoms with Crippen LogP contribution in [0.2, 0.25) is 0 Å². The quantitative estimate of drug-likeness (QED) is 0.202. The molecule has 1 unspecified atom stereocenters. The zero-order valence-corrected chi connectivity index (χ0v) is 24.0. The Morgan fingerprint density at radius 2 is 1.15 bits per heavy atom. The topological polar surface area (TPSA) is 31.4 Å².